The Morgan fingerprint density at radius 2 is 1.44 bits per heavy atom. The zero-order valence-electron chi connectivity index (χ0n) is 10.5. The van der Waals surface area contributed by atoms with Gasteiger partial charge in [-0.1, -0.05) is 0 Å². The van der Waals surface area contributed by atoms with Crippen LogP contribution in [0.5, 0.6) is 0 Å². The van der Waals surface area contributed by atoms with Gasteiger partial charge in [0, 0.05) is 0 Å². The molecule has 0 spiro atoms. The highest BCUT2D eigenvalue weighted by Crippen LogP contribution is 2.73. The van der Waals surface area contributed by atoms with Crippen LogP contribution in [0.3, 0.4) is 0 Å². The van der Waals surface area contributed by atoms with E-state index in [4.69, 9.17) is 4.84 Å². The van der Waals surface area contributed by atoms with Gasteiger partial charge in [0.15, 0.2) is 0 Å². The van der Waals surface area contributed by atoms with Crippen LogP contribution in [0, 0.1) is 41.4 Å². The maximum Gasteiger partial charge on any atom is 0.101 e. The molecule has 7 fully saturated rings. The summed E-state index contributed by atoms with van der Waals surface area (Å²) < 4.78 is 0. The second-order valence-electron chi connectivity index (χ2n) is 7.62. The first-order chi connectivity index (χ1) is 8.67. The zero-order chi connectivity index (χ0) is 12.1. The maximum atomic E-state index is 9.21. The highest BCUT2D eigenvalue weighted by atomic mass is 17.1. The van der Waals surface area contributed by atoms with E-state index in [0.29, 0.717) is 11.8 Å². The molecule has 0 aromatic rings. The first-order valence-corrected chi connectivity index (χ1v) is 7.54. The molecular weight excluding hydrogens is 230 g/mol. The molecule has 2 N–H and O–H groups in total. The molecule has 4 atom stereocenters. The van der Waals surface area contributed by atoms with Crippen LogP contribution < -0.4 is 0 Å². The van der Waals surface area contributed by atoms with Gasteiger partial charge in [0.05, 0.1) is 5.39 Å². The number of hydrogen-bond acceptors (Lipinski definition) is 4. The van der Waals surface area contributed by atoms with Gasteiger partial charge >= 0.3 is 0 Å². The van der Waals surface area contributed by atoms with E-state index in [1.807, 2.05) is 0 Å². The second kappa shape index (κ2) is 3.11. The van der Waals surface area contributed by atoms with Crippen LogP contribution in [0.2, 0.25) is 0 Å². The summed E-state index contributed by atoms with van der Waals surface area (Å²) in [5, 5.41) is 18.4. The Kier molecular flexibility index (Phi) is 1.83. The summed E-state index contributed by atoms with van der Waals surface area (Å²) in [6, 6.07) is 0. The summed E-state index contributed by atoms with van der Waals surface area (Å²) in [5.74, 6) is 5.43. The van der Waals surface area contributed by atoms with Gasteiger partial charge in [-0.2, -0.15) is 0 Å². The van der Waals surface area contributed by atoms with E-state index in [1.165, 1.54) is 32.1 Å². The van der Waals surface area contributed by atoms with E-state index in [2.05, 4.69) is 0 Å². The molecule has 8 bridgehead atoms. The lowest BCUT2D eigenvalue weighted by molar-refractivity contribution is -0.547. The van der Waals surface area contributed by atoms with Crippen molar-refractivity contribution in [3.63, 3.8) is 0 Å². The van der Waals surface area contributed by atoms with Crippen LogP contribution in [0.15, 0.2) is 0 Å². The SMILES string of the molecule is ON(O)OC12CC3CC4C5CC(CC41)CC2C5C3. The van der Waals surface area contributed by atoms with E-state index >= 15 is 0 Å². The Labute approximate surface area is 107 Å². The quantitative estimate of drug-likeness (QED) is 0.740. The molecule has 0 heterocycles. The monoisotopic (exact) mass is 251 g/mol. The fourth-order valence-corrected chi connectivity index (χ4v) is 7.19. The predicted octanol–water partition coefficient (Wildman–Crippen LogP) is 2.46. The first kappa shape index (κ1) is 10.6. The summed E-state index contributed by atoms with van der Waals surface area (Å²) >= 11 is 0. The highest BCUT2D eigenvalue weighted by Gasteiger charge is 2.71. The first-order valence-electron chi connectivity index (χ1n) is 7.54. The van der Waals surface area contributed by atoms with Crippen molar-refractivity contribution in [1.29, 1.82) is 0 Å². The Morgan fingerprint density at radius 1 is 0.833 bits per heavy atom. The zero-order valence-corrected chi connectivity index (χ0v) is 10.5. The van der Waals surface area contributed by atoms with Crippen molar-refractivity contribution in [3.8, 4) is 0 Å². The highest BCUT2D eigenvalue weighted by molar-refractivity contribution is 5.19. The van der Waals surface area contributed by atoms with Crippen LogP contribution in [-0.4, -0.2) is 21.4 Å². The van der Waals surface area contributed by atoms with Crippen molar-refractivity contribution in [2.24, 2.45) is 41.4 Å². The normalized spacial score (nSPS) is 63.2. The molecule has 7 saturated carbocycles. The van der Waals surface area contributed by atoms with Gasteiger partial charge in [-0.25, -0.2) is 4.84 Å². The summed E-state index contributed by atoms with van der Waals surface area (Å²) in [6.07, 6.45) is 7.82. The third-order valence-corrected chi connectivity index (χ3v) is 7.24. The lowest BCUT2D eigenvalue weighted by Gasteiger charge is -2.73. The molecule has 0 aromatic carbocycles. The van der Waals surface area contributed by atoms with E-state index in [-0.39, 0.29) is 11.0 Å². The van der Waals surface area contributed by atoms with Crippen molar-refractivity contribution in [3.05, 3.63) is 0 Å². The number of rotatable bonds is 2. The largest absolute Gasteiger partial charge is 0.266 e. The third kappa shape index (κ3) is 1.04. The molecule has 7 aliphatic carbocycles. The third-order valence-electron chi connectivity index (χ3n) is 7.24. The van der Waals surface area contributed by atoms with E-state index in [9.17, 15) is 10.4 Å². The van der Waals surface area contributed by atoms with Gasteiger partial charge in [-0.15, -0.1) is 0 Å². The van der Waals surface area contributed by atoms with Crippen LogP contribution in [0.25, 0.3) is 0 Å². The van der Waals surface area contributed by atoms with Gasteiger partial charge in [0.1, 0.15) is 5.60 Å². The van der Waals surface area contributed by atoms with Gasteiger partial charge in [-0.05, 0) is 80.0 Å². The maximum absolute atomic E-state index is 9.21. The Morgan fingerprint density at radius 3 is 2.06 bits per heavy atom. The minimum absolute atomic E-state index is 0.0179. The van der Waals surface area contributed by atoms with E-state index in [1.54, 1.807) is 0 Å². The molecule has 18 heavy (non-hydrogen) atoms. The second-order valence-corrected chi connectivity index (χ2v) is 7.62. The summed E-state index contributed by atoms with van der Waals surface area (Å²) in [4.78, 5) is 5.63. The van der Waals surface area contributed by atoms with Crippen molar-refractivity contribution in [2.45, 2.75) is 44.1 Å². The van der Waals surface area contributed by atoms with Gasteiger partial charge in [0.2, 0.25) is 0 Å². The van der Waals surface area contributed by atoms with Crippen molar-refractivity contribution < 1.29 is 15.3 Å². The molecule has 0 amide bonds. The van der Waals surface area contributed by atoms with Crippen LogP contribution in [-0.2, 0) is 4.84 Å². The Hall–Kier alpha value is -0.160. The van der Waals surface area contributed by atoms with E-state index in [0.717, 1.165) is 36.0 Å². The van der Waals surface area contributed by atoms with Crippen LogP contribution in [0.1, 0.15) is 38.5 Å². The molecule has 0 aromatic heterocycles. The molecule has 4 unspecified atom stereocenters. The van der Waals surface area contributed by atoms with Gasteiger partial charge < -0.3 is 0 Å². The topological polar surface area (TPSA) is 52.9 Å². The van der Waals surface area contributed by atoms with Crippen molar-refractivity contribution in [2.75, 3.05) is 0 Å². The molecule has 100 valence electrons. The Balaban J connectivity index is 1.63. The van der Waals surface area contributed by atoms with Crippen molar-refractivity contribution >= 4 is 0 Å². The van der Waals surface area contributed by atoms with Crippen LogP contribution in [0.4, 0.5) is 0 Å². The molecule has 4 heteroatoms. The minimum atomic E-state index is -0.229. The fourth-order valence-electron chi connectivity index (χ4n) is 7.19. The number of hydrogen-bond donors (Lipinski definition) is 2. The van der Waals surface area contributed by atoms with E-state index < -0.39 is 0 Å². The number of nitrogens with zero attached hydrogens (tertiary/aromatic N) is 1. The van der Waals surface area contributed by atoms with Gasteiger partial charge in [-0.3, -0.25) is 10.4 Å². The molecule has 0 radical (unpaired) electrons. The molecular formula is C14H21NO3. The minimum Gasteiger partial charge on any atom is -0.266 e. The van der Waals surface area contributed by atoms with Gasteiger partial charge in [0.25, 0.3) is 0 Å². The lowest BCUT2D eigenvalue weighted by Crippen LogP contribution is -2.72. The average molecular weight is 251 g/mol. The molecule has 0 aliphatic heterocycles. The fraction of sp³-hybridized carbons (Fsp3) is 1.00. The van der Waals surface area contributed by atoms with Crippen LogP contribution >= 0.6 is 0 Å². The molecule has 4 nitrogen and oxygen atoms in total. The smallest absolute Gasteiger partial charge is 0.101 e. The predicted molar refractivity (Wildman–Crippen MR) is 61.4 cm³/mol. The molecule has 7 rings (SSSR count). The summed E-state index contributed by atoms with van der Waals surface area (Å²) in [7, 11) is 0. The average Bonchev–Trinajstić information content (AvgIpc) is 2.34. The molecule has 7 aliphatic rings. The standard InChI is InChI=1S/C14H21NO3/c16-15(17)18-14-6-8-2-10-9-1-7(4-12(10)14)5-13(14)11(9)3-8/h7-13,16-17H,1-6H2. The lowest BCUT2D eigenvalue weighted by atomic mass is 9.34. The summed E-state index contributed by atoms with van der Waals surface area (Å²) in [5.41, 5.74) is -0.229. The van der Waals surface area contributed by atoms with Crippen molar-refractivity contribution in [1.82, 2.24) is 5.39 Å². The summed E-state index contributed by atoms with van der Waals surface area (Å²) in [6.45, 7) is 0. The Bertz CT molecular complexity index is 371. The molecule has 0 saturated heterocycles.